The molecule has 1 unspecified atom stereocenters. The van der Waals surface area contributed by atoms with E-state index in [1.54, 1.807) is 38.2 Å². The lowest BCUT2D eigenvalue weighted by Crippen LogP contribution is -2.28. The molecule has 0 saturated heterocycles. The van der Waals surface area contributed by atoms with Gasteiger partial charge in [-0.25, -0.2) is 8.78 Å². The quantitative estimate of drug-likeness (QED) is 0.905. The second-order valence-electron chi connectivity index (χ2n) is 4.66. The van der Waals surface area contributed by atoms with Crippen molar-refractivity contribution in [2.75, 3.05) is 12.4 Å². The van der Waals surface area contributed by atoms with Gasteiger partial charge < -0.3 is 10.6 Å². The first-order valence-corrected chi connectivity index (χ1v) is 6.55. The molecule has 110 valence electrons. The Labute approximate surface area is 122 Å². The summed E-state index contributed by atoms with van der Waals surface area (Å²) in [5.41, 5.74) is 1.23. The molecule has 0 heterocycles. The molecule has 0 bridgehead atoms. The molecule has 0 fully saturated rings. The molecule has 5 heteroatoms. The molecule has 0 aliphatic rings. The van der Waals surface area contributed by atoms with Crippen molar-refractivity contribution < 1.29 is 13.6 Å². The van der Waals surface area contributed by atoms with E-state index in [0.29, 0.717) is 11.3 Å². The van der Waals surface area contributed by atoms with Gasteiger partial charge >= 0.3 is 0 Å². The predicted octanol–water partition coefficient (Wildman–Crippen LogP) is 3.50. The second-order valence-corrected chi connectivity index (χ2v) is 4.66. The van der Waals surface area contributed by atoms with Crippen LogP contribution in [0.15, 0.2) is 42.5 Å². The zero-order chi connectivity index (χ0) is 15.4. The number of hydrogen-bond acceptors (Lipinski definition) is 2. The summed E-state index contributed by atoms with van der Waals surface area (Å²) in [6.45, 7) is 1.61. The number of carbonyl (C=O) groups is 1. The summed E-state index contributed by atoms with van der Waals surface area (Å²) in [5, 5.41) is 5.58. The van der Waals surface area contributed by atoms with E-state index in [2.05, 4.69) is 10.6 Å². The van der Waals surface area contributed by atoms with Crippen LogP contribution in [-0.4, -0.2) is 13.0 Å². The highest BCUT2D eigenvalue weighted by Gasteiger charge is 2.17. The normalized spacial score (nSPS) is 11.8. The second kappa shape index (κ2) is 6.35. The zero-order valence-corrected chi connectivity index (χ0v) is 11.8. The summed E-state index contributed by atoms with van der Waals surface area (Å²) in [6.07, 6.45) is 0. The van der Waals surface area contributed by atoms with Gasteiger partial charge in [-0.1, -0.05) is 12.1 Å². The summed E-state index contributed by atoms with van der Waals surface area (Å²) < 4.78 is 26.9. The number of benzene rings is 2. The van der Waals surface area contributed by atoms with E-state index >= 15 is 0 Å². The molecule has 0 aliphatic carbocycles. The average Bonchev–Trinajstić information content (AvgIpc) is 2.49. The summed E-state index contributed by atoms with van der Waals surface area (Å²) in [6, 6.07) is 9.51. The number of amides is 1. The smallest absolute Gasteiger partial charge is 0.253 e. The van der Waals surface area contributed by atoms with Crippen LogP contribution in [0, 0.1) is 11.6 Å². The van der Waals surface area contributed by atoms with Crippen LogP contribution >= 0.6 is 0 Å². The number of halogens is 2. The first kappa shape index (κ1) is 15.0. The van der Waals surface area contributed by atoms with Gasteiger partial charge in [0.1, 0.15) is 11.6 Å². The molecule has 0 saturated carbocycles. The minimum absolute atomic E-state index is 0.116. The molecule has 2 aromatic carbocycles. The van der Waals surface area contributed by atoms with Gasteiger partial charge in [-0.2, -0.15) is 0 Å². The van der Waals surface area contributed by atoms with Crippen molar-refractivity contribution >= 4 is 11.6 Å². The molecule has 0 aliphatic heterocycles. The summed E-state index contributed by atoms with van der Waals surface area (Å²) in [5.74, 6) is -1.44. The van der Waals surface area contributed by atoms with Crippen LogP contribution in [0.4, 0.5) is 14.5 Å². The van der Waals surface area contributed by atoms with E-state index in [9.17, 15) is 13.6 Å². The standard InChI is InChI=1S/C16H16F2N2O/c1-10(13-9-11(17)7-8-14(13)18)20-16(21)12-5-3-4-6-15(12)19-2/h3-10,19H,1-2H3,(H,20,21). The lowest BCUT2D eigenvalue weighted by Gasteiger charge is -2.16. The zero-order valence-electron chi connectivity index (χ0n) is 11.8. The lowest BCUT2D eigenvalue weighted by molar-refractivity contribution is 0.0940. The van der Waals surface area contributed by atoms with Crippen molar-refractivity contribution in [2.24, 2.45) is 0 Å². The lowest BCUT2D eigenvalue weighted by atomic mass is 10.1. The highest BCUT2D eigenvalue weighted by atomic mass is 19.1. The molecule has 0 radical (unpaired) electrons. The van der Waals surface area contributed by atoms with Crippen LogP contribution in [0.2, 0.25) is 0 Å². The van der Waals surface area contributed by atoms with E-state index in [0.717, 1.165) is 18.2 Å². The molecule has 1 amide bonds. The molecule has 21 heavy (non-hydrogen) atoms. The minimum atomic E-state index is -0.641. The average molecular weight is 290 g/mol. The molecule has 2 N–H and O–H groups in total. The fourth-order valence-electron chi connectivity index (χ4n) is 2.10. The van der Waals surface area contributed by atoms with Crippen LogP contribution in [0.25, 0.3) is 0 Å². The van der Waals surface area contributed by atoms with Gasteiger partial charge in [0.05, 0.1) is 11.6 Å². The van der Waals surface area contributed by atoms with E-state index in [-0.39, 0.29) is 11.5 Å². The summed E-state index contributed by atoms with van der Waals surface area (Å²) >= 11 is 0. The largest absolute Gasteiger partial charge is 0.387 e. The van der Waals surface area contributed by atoms with Crippen LogP contribution in [0.5, 0.6) is 0 Å². The predicted molar refractivity (Wildman–Crippen MR) is 78.2 cm³/mol. The van der Waals surface area contributed by atoms with Gasteiger partial charge in [0.2, 0.25) is 0 Å². The van der Waals surface area contributed by atoms with Crippen LogP contribution in [-0.2, 0) is 0 Å². The molecule has 3 nitrogen and oxygen atoms in total. The van der Waals surface area contributed by atoms with Gasteiger partial charge in [0.15, 0.2) is 0 Å². The van der Waals surface area contributed by atoms with E-state index in [4.69, 9.17) is 0 Å². The first-order valence-electron chi connectivity index (χ1n) is 6.55. The Kier molecular flexibility index (Phi) is 4.52. The van der Waals surface area contributed by atoms with Gasteiger partial charge in [-0.15, -0.1) is 0 Å². The minimum Gasteiger partial charge on any atom is -0.387 e. The number of nitrogens with one attached hydrogen (secondary N) is 2. The molecular formula is C16H16F2N2O. The third-order valence-electron chi connectivity index (χ3n) is 3.21. The van der Waals surface area contributed by atoms with Gasteiger partial charge in [0.25, 0.3) is 5.91 Å². The van der Waals surface area contributed by atoms with Gasteiger partial charge in [-0.05, 0) is 37.3 Å². The first-order chi connectivity index (χ1) is 10.0. The highest BCUT2D eigenvalue weighted by Crippen LogP contribution is 2.20. The Morgan fingerprint density at radius 3 is 2.57 bits per heavy atom. The van der Waals surface area contributed by atoms with Crippen molar-refractivity contribution in [2.45, 2.75) is 13.0 Å². The molecule has 2 aromatic rings. The van der Waals surface area contributed by atoms with Crippen molar-refractivity contribution in [3.05, 3.63) is 65.2 Å². The third kappa shape index (κ3) is 3.37. The van der Waals surface area contributed by atoms with E-state index in [1.165, 1.54) is 0 Å². The van der Waals surface area contributed by atoms with Crippen LogP contribution < -0.4 is 10.6 Å². The number of rotatable bonds is 4. The maximum atomic E-state index is 13.7. The molecular weight excluding hydrogens is 274 g/mol. The number of hydrogen-bond donors (Lipinski definition) is 2. The number of anilines is 1. The van der Waals surface area contributed by atoms with E-state index < -0.39 is 17.7 Å². The number of carbonyl (C=O) groups excluding carboxylic acids is 1. The molecule has 1 atom stereocenters. The van der Waals surface area contributed by atoms with Crippen molar-refractivity contribution in [1.29, 1.82) is 0 Å². The molecule has 2 rings (SSSR count). The third-order valence-corrected chi connectivity index (χ3v) is 3.21. The Morgan fingerprint density at radius 2 is 1.86 bits per heavy atom. The van der Waals surface area contributed by atoms with Gasteiger partial charge in [0, 0.05) is 18.3 Å². The van der Waals surface area contributed by atoms with E-state index in [1.807, 2.05) is 0 Å². The van der Waals surface area contributed by atoms with Crippen LogP contribution in [0.1, 0.15) is 28.9 Å². The Bertz CT molecular complexity index is 658. The van der Waals surface area contributed by atoms with Crippen LogP contribution in [0.3, 0.4) is 0 Å². The Morgan fingerprint density at radius 1 is 1.14 bits per heavy atom. The monoisotopic (exact) mass is 290 g/mol. The van der Waals surface area contributed by atoms with Gasteiger partial charge in [-0.3, -0.25) is 4.79 Å². The highest BCUT2D eigenvalue weighted by molar-refractivity contribution is 5.99. The molecule has 0 aromatic heterocycles. The topological polar surface area (TPSA) is 41.1 Å². The van der Waals surface area contributed by atoms with Crippen molar-refractivity contribution in [1.82, 2.24) is 5.32 Å². The maximum absolute atomic E-state index is 13.7. The molecule has 0 spiro atoms. The maximum Gasteiger partial charge on any atom is 0.253 e. The summed E-state index contributed by atoms with van der Waals surface area (Å²) in [4.78, 5) is 12.2. The fraction of sp³-hybridized carbons (Fsp3) is 0.188. The number of para-hydroxylation sites is 1. The van der Waals surface area contributed by atoms with Crippen molar-refractivity contribution in [3.63, 3.8) is 0 Å². The summed E-state index contributed by atoms with van der Waals surface area (Å²) in [7, 11) is 1.71. The Balaban J connectivity index is 2.21. The SMILES string of the molecule is CNc1ccccc1C(=O)NC(C)c1cc(F)ccc1F. The van der Waals surface area contributed by atoms with Crippen molar-refractivity contribution in [3.8, 4) is 0 Å². The Hall–Kier alpha value is -2.43. The fourth-order valence-corrected chi connectivity index (χ4v) is 2.10.